The topological polar surface area (TPSA) is 50.3 Å². The SMILES string of the molecule is CCC(N)C(c1cnn(C)c1)N1CCC(N(CC)CC)C1. The summed E-state index contributed by atoms with van der Waals surface area (Å²) in [5.74, 6) is 0. The molecule has 120 valence electrons. The molecule has 2 rings (SSSR count). The van der Waals surface area contributed by atoms with Gasteiger partial charge in [0.2, 0.25) is 0 Å². The third-order valence-corrected chi connectivity index (χ3v) is 4.86. The number of rotatable bonds is 7. The van der Waals surface area contributed by atoms with Crippen LogP contribution in [0.3, 0.4) is 0 Å². The van der Waals surface area contributed by atoms with Crippen LogP contribution in [0.1, 0.15) is 45.2 Å². The average Bonchev–Trinajstić information content (AvgIpc) is 3.11. The zero-order valence-corrected chi connectivity index (χ0v) is 14.0. The number of aromatic nitrogens is 2. The molecule has 2 heterocycles. The molecule has 1 aliphatic rings. The van der Waals surface area contributed by atoms with Crippen LogP contribution in [0.25, 0.3) is 0 Å². The number of likely N-dealkylation sites (tertiary alicyclic amines) is 1. The molecule has 0 bridgehead atoms. The first-order valence-corrected chi connectivity index (χ1v) is 8.32. The van der Waals surface area contributed by atoms with Gasteiger partial charge in [0.1, 0.15) is 0 Å². The fraction of sp³-hybridized carbons (Fsp3) is 0.812. The molecule has 3 unspecified atom stereocenters. The zero-order chi connectivity index (χ0) is 15.4. The van der Waals surface area contributed by atoms with E-state index in [1.54, 1.807) is 0 Å². The lowest BCUT2D eigenvalue weighted by Crippen LogP contribution is -2.42. The van der Waals surface area contributed by atoms with E-state index < -0.39 is 0 Å². The van der Waals surface area contributed by atoms with E-state index in [2.05, 4.69) is 41.9 Å². The van der Waals surface area contributed by atoms with Crippen LogP contribution < -0.4 is 5.73 Å². The Kier molecular flexibility index (Phi) is 5.79. The summed E-state index contributed by atoms with van der Waals surface area (Å²) in [6.45, 7) is 11.2. The summed E-state index contributed by atoms with van der Waals surface area (Å²) >= 11 is 0. The van der Waals surface area contributed by atoms with Gasteiger partial charge in [-0.2, -0.15) is 5.10 Å². The van der Waals surface area contributed by atoms with Gasteiger partial charge in [0.05, 0.1) is 12.2 Å². The van der Waals surface area contributed by atoms with Crippen molar-refractivity contribution < 1.29 is 0 Å². The van der Waals surface area contributed by atoms with Crippen molar-refractivity contribution in [2.75, 3.05) is 26.2 Å². The average molecular weight is 293 g/mol. The Bertz CT molecular complexity index is 426. The third-order valence-electron chi connectivity index (χ3n) is 4.86. The Labute approximate surface area is 129 Å². The summed E-state index contributed by atoms with van der Waals surface area (Å²) in [4.78, 5) is 5.13. The van der Waals surface area contributed by atoms with E-state index in [1.165, 1.54) is 12.0 Å². The first-order valence-electron chi connectivity index (χ1n) is 8.32. The van der Waals surface area contributed by atoms with E-state index in [9.17, 15) is 0 Å². The van der Waals surface area contributed by atoms with Gasteiger partial charge in [-0.25, -0.2) is 0 Å². The second-order valence-corrected chi connectivity index (χ2v) is 6.12. The molecule has 2 N–H and O–H groups in total. The van der Waals surface area contributed by atoms with Crippen molar-refractivity contribution >= 4 is 0 Å². The van der Waals surface area contributed by atoms with Crippen LogP contribution in [0.2, 0.25) is 0 Å². The highest BCUT2D eigenvalue weighted by molar-refractivity contribution is 5.14. The highest BCUT2D eigenvalue weighted by Gasteiger charge is 2.34. The quantitative estimate of drug-likeness (QED) is 0.830. The molecule has 0 radical (unpaired) electrons. The van der Waals surface area contributed by atoms with Gasteiger partial charge in [0, 0.05) is 44.0 Å². The Morgan fingerprint density at radius 2 is 2.10 bits per heavy atom. The lowest BCUT2D eigenvalue weighted by molar-refractivity contribution is 0.171. The summed E-state index contributed by atoms with van der Waals surface area (Å²) in [5, 5.41) is 4.34. The molecule has 0 aromatic carbocycles. The minimum Gasteiger partial charge on any atom is -0.326 e. The first-order chi connectivity index (χ1) is 10.1. The lowest BCUT2D eigenvalue weighted by atomic mass is 9.99. The number of nitrogens with two attached hydrogens (primary N) is 1. The van der Waals surface area contributed by atoms with Gasteiger partial charge in [-0.3, -0.25) is 14.5 Å². The molecule has 0 spiro atoms. The van der Waals surface area contributed by atoms with Crippen molar-refractivity contribution in [1.29, 1.82) is 0 Å². The van der Waals surface area contributed by atoms with Crippen molar-refractivity contribution in [3.05, 3.63) is 18.0 Å². The minimum atomic E-state index is 0.171. The van der Waals surface area contributed by atoms with Crippen LogP contribution in [0.15, 0.2) is 12.4 Å². The van der Waals surface area contributed by atoms with Crippen molar-refractivity contribution in [2.24, 2.45) is 12.8 Å². The van der Waals surface area contributed by atoms with E-state index in [-0.39, 0.29) is 6.04 Å². The summed E-state index contributed by atoms with van der Waals surface area (Å²) in [6, 6.07) is 1.14. The van der Waals surface area contributed by atoms with Crippen LogP contribution in [0.5, 0.6) is 0 Å². The summed E-state index contributed by atoms with van der Waals surface area (Å²) in [6.07, 6.45) is 6.33. The fourth-order valence-electron chi connectivity index (χ4n) is 3.60. The first kappa shape index (κ1) is 16.5. The molecule has 1 aromatic heterocycles. The van der Waals surface area contributed by atoms with Gasteiger partial charge in [-0.1, -0.05) is 20.8 Å². The highest BCUT2D eigenvalue weighted by atomic mass is 15.3. The smallest absolute Gasteiger partial charge is 0.0538 e. The van der Waals surface area contributed by atoms with Gasteiger partial charge < -0.3 is 5.73 Å². The van der Waals surface area contributed by atoms with E-state index in [1.807, 2.05) is 17.9 Å². The highest BCUT2D eigenvalue weighted by Crippen LogP contribution is 2.29. The van der Waals surface area contributed by atoms with Gasteiger partial charge >= 0.3 is 0 Å². The van der Waals surface area contributed by atoms with E-state index in [4.69, 9.17) is 5.73 Å². The van der Waals surface area contributed by atoms with Gasteiger partial charge in [0.15, 0.2) is 0 Å². The van der Waals surface area contributed by atoms with Crippen molar-refractivity contribution in [2.45, 2.75) is 51.7 Å². The van der Waals surface area contributed by atoms with Gasteiger partial charge in [-0.05, 0) is 25.9 Å². The molecular weight excluding hydrogens is 262 g/mol. The van der Waals surface area contributed by atoms with Crippen molar-refractivity contribution in [1.82, 2.24) is 19.6 Å². The minimum absolute atomic E-state index is 0.171. The standard InChI is InChI=1S/C16H31N5/c1-5-15(17)16(13-10-18-19(4)11-13)21-9-8-14(12-21)20(6-2)7-3/h10-11,14-16H,5-9,12,17H2,1-4H3. The molecule has 0 saturated carbocycles. The van der Waals surface area contributed by atoms with Crippen LogP contribution in [0, 0.1) is 0 Å². The van der Waals surface area contributed by atoms with Gasteiger partial charge in [0.25, 0.3) is 0 Å². The number of aryl methyl sites for hydroxylation is 1. The number of hydrogen-bond donors (Lipinski definition) is 1. The number of nitrogens with zero attached hydrogens (tertiary/aromatic N) is 4. The maximum Gasteiger partial charge on any atom is 0.0538 e. The molecule has 21 heavy (non-hydrogen) atoms. The predicted octanol–water partition coefficient (Wildman–Crippen LogP) is 1.61. The predicted molar refractivity (Wildman–Crippen MR) is 87.1 cm³/mol. The maximum atomic E-state index is 6.43. The number of hydrogen-bond acceptors (Lipinski definition) is 4. The van der Waals surface area contributed by atoms with Crippen LogP contribution in [0.4, 0.5) is 0 Å². The molecule has 0 aliphatic carbocycles. The number of likely N-dealkylation sites (N-methyl/N-ethyl adjacent to an activating group) is 1. The van der Waals surface area contributed by atoms with Crippen LogP contribution in [-0.4, -0.2) is 57.8 Å². The summed E-state index contributed by atoms with van der Waals surface area (Å²) < 4.78 is 1.88. The lowest BCUT2D eigenvalue weighted by Gasteiger charge is -2.33. The maximum absolute atomic E-state index is 6.43. The van der Waals surface area contributed by atoms with Gasteiger partial charge in [-0.15, -0.1) is 0 Å². The monoisotopic (exact) mass is 293 g/mol. The van der Waals surface area contributed by atoms with Crippen LogP contribution in [-0.2, 0) is 7.05 Å². The Balaban J connectivity index is 2.12. The van der Waals surface area contributed by atoms with E-state index in [0.29, 0.717) is 12.1 Å². The normalized spacial score (nSPS) is 22.9. The summed E-state index contributed by atoms with van der Waals surface area (Å²) in [7, 11) is 1.97. The van der Waals surface area contributed by atoms with E-state index in [0.717, 1.165) is 32.6 Å². The molecule has 5 heteroatoms. The fourth-order valence-corrected chi connectivity index (χ4v) is 3.60. The molecule has 0 amide bonds. The molecule has 3 atom stereocenters. The van der Waals surface area contributed by atoms with Crippen molar-refractivity contribution in [3.8, 4) is 0 Å². The second-order valence-electron chi connectivity index (χ2n) is 6.12. The second kappa shape index (κ2) is 7.38. The Hall–Kier alpha value is -0.910. The van der Waals surface area contributed by atoms with E-state index >= 15 is 0 Å². The largest absolute Gasteiger partial charge is 0.326 e. The Morgan fingerprint density at radius 1 is 1.38 bits per heavy atom. The van der Waals surface area contributed by atoms with Crippen molar-refractivity contribution in [3.63, 3.8) is 0 Å². The van der Waals surface area contributed by atoms with Crippen LogP contribution >= 0.6 is 0 Å². The third kappa shape index (κ3) is 3.65. The molecule has 1 fully saturated rings. The zero-order valence-electron chi connectivity index (χ0n) is 14.0. The molecular formula is C16H31N5. The summed E-state index contributed by atoms with van der Waals surface area (Å²) in [5.41, 5.74) is 7.69. The molecule has 1 saturated heterocycles. The molecule has 1 aromatic rings. The molecule has 5 nitrogen and oxygen atoms in total. The Morgan fingerprint density at radius 3 is 2.62 bits per heavy atom. The molecule has 1 aliphatic heterocycles.